The number of anilines is 1. The van der Waals surface area contributed by atoms with Crippen LogP contribution in [0.25, 0.3) is 0 Å². The summed E-state index contributed by atoms with van der Waals surface area (Å²) in [6, 6.07) is 16.7. The van der Waals surface area contributed by atoms with Gasteiger partial charge in [0.15, 0.2) is 11.5 Å². The van der Waals surface area contributed by atoms with Crippen LogP contribution in [0.5, 0.6) is 17.2 Å². The van der Waals surface area contributed by atoms with Gasteiger partial charge >= 0.3 is 0 Å². The molecule has 3 aromatic rings. The minimum Gasteiger partial charge on any atom is -0.504 e. The van der Waals surface area contributed by atoms with Crippen LogP contribution in [0.4, 0.5) is 5.69 Å². The van der Waals surface area contributed by atoms with Crippen molar-refractivity contribution >= 4 is 52.5 Å². The molecule has 0 radical (unpaired) electrons. The zero-order valence-corrected chi connectivity index (χ0v) is 27.9. The number of fused-ring (bicyclic) bond motifs is 4. The largest absolute Gasteiger partial charge is 0.504 e. The molecule has 1 saturated carbocycles. The Bertz CT molecular complexity index is 1900. The number of amides is 4. The molecule has 2 N–H and O–H groups in total. The number of allylic oxidation sites excluding steroid dienone is 2. The monoisotopic (exact) mass is 689 g/mol. The van der Waals surface area contributed by atoms with E-state index < -0.39 is 46.8 Å². The summed E-state index contributed by atoms with van der Waals surface area (Å²) in [6.07, 6.45) is 2.43. The van der Waals surface area contributed by atoms with Crippen molar-refractivity contribution in [1.82, 2.24) is 9.91 Å². The molecule has 0 unspecified atom stereocenters. The lowest BCUT2D eigenvalue weighted by molar-refractivity contribution is -0.140. The Morgan fingerprint density at radius 2 is 1.71 bits per heavy atom. The molecule has 3 aromatic carbocycles. The average Bonchev–Trinajstić information content (AvgIpc) is 3.43. The number of aromatic hydroxyl groups is 1. The van der Waals surface area contributed by atoms with Crippen molar-refractivity contribution in [1.29, 1.82) is 0 Å². The Balaban J connectivity index is 1.48. The van der Waals surface area contributed by atoms with E-state index in [0.717, 1.165) is 10.6 Å². The highest BCUT2D eigenvalue weighted by molar-refractivity contribution is 6.36. The van der Waals surface area contributed by atoms with Crippen molar-refractivity contribution in [3.8, 4) is 17.2 Å². The van der Waals surface area contributed by atoms with Gasteiger partial charge in [-0.25, -0.2) is 0 Å². The molecule has 3 fully saturated rings. The summed E-state index contributed by atoms with van der Waals surface area (Å²) in [6.45, 7) is 2.08. The Morgan fingerprint density at radius 1 is 0.958 bits per heavy atom. The van der Waals surface area contributed by atoms with Crippen molar-refractivity contribution in [3.05, 3.63) is 93.5 Å². The van der Waals surface area contributed by atoms with Gasteiger partial charge in [-0.3, -0.25) is 29.5 Å². The number of nitrogens with zero attached hydrogens (tertiary/aromatic N) is 2. The van der Waals surface area contributed by atoms with Gasteiger partial charge in [0.25, 0.3) is 11.8 Å². The van der Waals surface area contributed by atoms with E-state index in [1.807, 2.05) is 6.08 Å². The lowest BCUT2D eigenvalue weighted by atomic mass is 9.49. The van der Waals surface area contributed by atoms with Crippen LogP contribution in [0.1, 0.15) is 36.8 Å². The normalized spacial score (nSPS) is 27.8. The highest BCUT2D eigenvalue weighted by Gasteiger charge is 2.70. The van der Waals surface area contributed by atoms with Crippen LogP contribution in [0.15, 0.2) is 72.3 Å². The quantitative estimate of drug-likeness (QED) is 0.238. The van der Waals surface area contributed by atoms with Crippen molar-refractivity contribution in [2.24, 2.45) is 23.7 Å². The SMILES string of the molecule is CCOc1cc([C@H]2C3=CC[C@@H]4C(=O)N(C)C(=O)[C@@H]4[C@@H]3C[C@H]3C(=O)N(Nc4ccc(Cl)cc4Cl)C(=O)[C@@]23c2ccc(OC)cc2)ccc1O. The summed E-state index contributed by atoms with van der Waals surface area (Å²) < 4.78 is 11.2. The van der Waals surface area contributed by atoms with Gasteiger partial charge in [-0.2, -0.15) is 5.01 Å². The van der Waals surface area contributed by atoms with Crippen molar-refractivity contribution < 1.29 is 33.8 Å². The van der Waals surface area contributed by atoms with Crippen LogP contribution in [0.3, 0.4) is 0 Å². The second-order valence-corrected chi connectivity index (χ2v) is 13.5. The topological polar surface area (TPSA) is 125 Å². The van der Waals surface area contributed by atoms with Gasteiger partial charge in [-0.15, -0.1) is 0 Å². The van der Waals surface area contributed by atoms with E-state index >= 15 is 4.79 Å². The lowest BCUT2D eigenvalue weighted by Crippen LogP contribution is -2.53. The predicted octanol–water partition coefficient (Wildman–Crippen LogP) is 5.72. The number of hydrogen-bond acceptors (Lipinski definition) is 8. The minimum atomic E-state index is -1.51. The van der Waals surface area contributed by atoms with E-state index in [-0.39, 0.29) is 41.4 Å². The standard InChI is InChI=1S/C36H33Cl2N3O7/c1-4-48-29-15-18(5-14-28(29)42)31-22-11-12-23-30(34(45)40(2)32(23)43)24(22)17-25-33(44)41(39-27-13-8-20(37)16-26(27)38)35(46)36(25,31)19-6-9-21(47-3)10-7-19/h5-11,13-16,23-25,30-31,39,42H,4,12,17H2,1-3H3/t23-,24+,25-,30-,31-,36+/m0/s1. The van der Waals surface area contributed by atoms with Gasteiger partial charge in [-0.05, 0) is 79.3 Å². The summed E-state index contributed by atoms with van der Waals surface area (Å²) in [5.74, 6) is -4.33. The van der Waals surface area contributed by atoms with Crippen molar-refractivity contribution in [2.75, 3.05) is 26.2 Å². The van der Waals surface area contributed by atoms with Crippen LogP contribution in [0, 0.1) is 23.7 Å². The van der Waals surface area contributed by atoms with Gasteiger partial charge in [0, 0.05) is 18.0 Å². The lowest BCUT2D eigenvalue weighted by Gasteiger charge is -2.50. The Morgan fingerprint density at radius 3 is 2.40 bits per heavy atom. The number of halogens is 2. The highest BCUT2D eigenvalue weighted by Crippen LogP contribution is 2.64. The number of methoxy groups -OCH3 is 1. The van der Waals surface area contributed by atoms with E-state index in [9.17, 15) is 19.5 Å². The number of imide groups is 2. The first-order chi connectivity index (χ1) is 23.0. The molecule has 48 heavy (non-hydrogen) atoms. The maximum absolute atomic E-state index is 15.2. The minimum absolute atomic E-state index is 0.0756. The molecular weight excluding hydrogens is 657 g/mol. The molecule has 2 aliphatic heterocycles. The summed E-state index contributed by atoms with van der Waals surface area (Å²) in [4.78, 5) is 58.0. The van der Waals surface area contributed by atoms with Gasteiger partial charge in [0.2, 0.25) is 11.8 Å². The maximum atomic E-state index is 15.2. The average molecular weight is 691 g/mol. The molecule has 6 atom stereocenters. The number of phenols is 1. The number of carbonyl (C=O) groups is 4. The fourth-order valence-corrected chi connectivity index (χ4v) is 8.81. The fourth-order valence-electron chi connectivity index (χ4n) is 8.36. The number of hydrogen-bond donors (Lipinski definition) is 2. The molecule has 248 valence electrons. The molecule has 0 aromatic heterocycles. The molecule has 2 saturated heterocycles. The number of phenolic OH excluding ortho intramolecular Hbond substituents is 1. The number of benzene rings is 3. The van der Waals surface area contributed by atoms with Crippen LogP contribution in [-0.2, 0) is 24.6 Å². The van der Waals surface area contributed by atoms with Crippen LogP contribution >= 0.6 is 23.2 Å². The number of carbonyl (C=O) groups excluding carboxylic acids is 4. The molecule has 10 nitrogen and oxygen atoms in total. The molecule has 2 aliphatic carbocycles. The number of rotatable bonds is 7. The summed E-state index contributed by atoms with van der Waals surface area (Å²) in [5, 5.41) is 12.3. The van der Waals surface area contributed by atoms with E-state index in [4.69, 9.17) is 32.7 Å². The fraction of sp³-hybridized carbons (Fsp3) is 0.333. The molecule has 0 spiro atoms. The van der Waals surface area contributed by atoms with Crippen LogP contribution < -0.4 is 14.9 Å². The summed E-state index contributed by atoms with van der Waals surface area (Å²) in [5.41, 5.74) is 3.75. The van der Waals surface area contributed by atoms with E-state index in [0.29, 0.717) is 34.0 Å². The van der Waals surface area contributed by atoms with Crippen LogP contribution in [0.2, 0.25) is 10.0 Å². The van der Waals surface area contributed by atoms with Gasteiger partial charge in [0.1, 0.15) is 5.75 Å². The number of likely N-dealkylation sites (tertiary alicyclic amines) is 1. The summed E-state index contributed by atoms with van der Waals surface area (Å²) in [7, 11) is 3.03. The molecule has 4 aliphatic rings. The zero-order chi connectivity index (χ0) is 34.1. The third-order valence-corrected chi connectivity index (χ3v) is 11.0. The molecule has 7 rings (SSSR count). The van der Waals surface area contributed by atoms with E-state index in [1.165, 1.54) is 24.1 Å². The first-order valence-electron chi connectivity index (χ1n) is 15.7. The highest BCUT2D eigenvalue weighted by atomic mass is 35.5. The summed E-state index contributed by atoms with van der Waals surface area (Å²) >= 11 is 12.6. The third-order valence-electron chi connectivity index (χ3n) is 10.4. The molecule has 0 bridgehead atoms. The van der Waals surface area contributed by atoms with Gasteiger partial charge < -0.3 is 14.6 Å². The van der Waals surface area contributed by atoms with E-state index in [2.05, 4.69) is 5.43 Å². The molecule has 4 amide bonds. The Kier molecular flexibility index (Phi) is 7.91. The molecular formula is C36H33Cl2N3O7. The number of hydrazine groups is 1. The second-order valence-electron chi connectivity index (χ2n) is 12.6. The molecule has 12 heteroatoms. The third kappa shape index (κ3) is 4.60. The first kappa shape index (κ1) is 32.0. The van der Waals surface area contributed by atoms with Gasteiger partial charge in [0.05, 0.1) is 47.6 Å². The second kappa shape index (κ2) is 11.9. The van der Waals surface area contributed by atoms with Crippen molar-refractivity contribution in [2.45, 2.75) is 31.1 Å². The number of ether oxygens (including phenoxy) is 2. The molecule has 2 heterocycles. The Labute approximate surface area is 287 Å². The van der Waals surface area contributed by atoms with E-state index in [1.54, 1.807) is 62.6 Å². The number of nitrogens with one attached hydrogen (secondary N) is 1. The first-order valence-corrected chi connectivity index (χ1v) is 16.5. The predicted molar refractivity (Wildman–Crippen MR) is 178 cm³/mol. The van der Waals surface area contributed by atoms with Gasteiger partial charge in [-0.1, -0.05) is 53.1 Å². The zero-order valence-electron chi connectivity index (χ0n) is 26.4. The van der Waals surface area contributed by atoms with Crippen molar-refractivity contribution in [3.63, 3.8) is 0 Å². The smallest absolute Gasteiger partial charge is 0.260 e. The van der Waals surface area contributed by atoms with Crippen LogP contribution in [-0.4, -0.2) is 59.4 Å². The maximum Gasteiger partial charge on any atom is 0.260 e. The Hall–Kier alpha value is -4.54.